The maximum absolute atomic E-state index is 12.1. The minimum Gasteiger partial charge on any atom is -0.352 e. The van der Waals surface area contributed by atoms with Gasteiger partial charge in [0.25, 0.3) is 5.91 Å². The highest BCUT2D eigenvalue weighted by Gasteiger charge is 2.19. The molecule has 22 heavy (non-hydrogen) atoms. The van der Waals surface area contributed by atoms with Gasteiger partial charge >= 0.3 is 0 Å². The van der Waals surface area contributed by atoms with Crippen molar-refractivity contribution >= 4 is 15.7 Å². The quantitative estimate of drug-likeness (QED) is 0.862. The molecule has 0 radical (unpaired) electrons. The molecule has 1 aromatic rings. The monoisotopic (exact) mass is 324 g/mol. The molecule has 1 unspecified atom stereocenters. The summed E-state index contributed by atoms with van der Waals surface area (Å²) in [5, 5.41) is 5.77. The summed E-state index contributed by atoms with van der Waals surface area (Å²) in [6.45, 7) is 5.93. The number of nitrogens with one attached hydrogen (secondary N) is 2. The first-order valence-electron chi connectivity index (χ1n) is 7.74. The van der Waals surface area contributed by atoms with E-state index < -0.39 is 15.1 Å². The van der Waals surface area contributed by atoms with Crippen LogP contribution in [0.2, 0.25) is 0 Å². The second kappa shape index (κ2) is 7.24. The Labute approximate surface area is 132 Å². The highest BCUT2D eigenvalue weighted by Crippen LogP contribution is 2.16. The summed E-state index contributed by atoms with van der Waals surface area (Å²) in [5.41, 5.74) is 0.492. The number of rotatable bonds is 5. The summed E-state index contributed by atoms with van der Waals surface area (Å²) in [5.74, 6) is 0.317. The maximum Gasteiger partial charge on any atom is 0.251 e. The van der Waals surface area contributed by atoms with Crippen molar-refractivity contribution in [2.75, 3.05) is 19.6 Å². The number of hydrogen-bond acceptors (Lipinski definition) is 4. The summed E-state index contributed by atoms with van der Waals surface area (Å²) < 4.78 is 24.1. The van der Waals surface area contributed by atoms with Gasteiger partial charge in [-0.1, -0.05) is 0 Å². The molecule has 2 rings (SSSR count). The van der Waals surface area contributed by atoms with Crippen LogP contribution in [0.5, 0.6) is 0 Å². The number of sulfone groups is 1. The van der Waals surface area contributed by atoms with Crippen LogP contribution in [-0.4, -0.2) is 39.2 Å². The standard InChI is InChI=1S/C16H24N2O3S/c1-12(2)22(20,21)15-7-5-14(6-8-15)16(19)18-11-13-4-3-9-17-10-13/h5-8,12-13,17H,3-4,9-11H2,1-2H3,(H,18,19). The third-order valence-corrected chi connectivity index (χ3v) is 6.19. The number of benzene rings is 1. The number of hydrogen-bond donors (Lipinski definition) is 2. The first-order valence-corrected chi connectivity index (χ1v) is 9.29. The minimum absolute atomic E-state index is 0.154. The van der Waals surface area contributed by atoms with Crippen LogP contribution in [0.1, 0.15) is 37.0 Å². The van der Waals surface area contributed by atoms with Crippen LogP contribution < -0.4 is 10.6 Å². The highest BCUT2D eigenvalue weighted by atomic mass is 32.2. The molecule has 6 heteroatoms. The lowest BCUT2D eigenvalue weighted by atomic mass is 10.00. The Hall–Kier alpha value is -1.40. The van der Waals surface area contributed by atoms with E-state index in [2.05, 4.69) is 10.6 Å². The molecule has 5 nitrogen and oxygen atoms in total. The van der Waals surface area contributed by atoms with Gasteiger partial charge in [-0.2, -0.15) is 0 Å². The molecule has 0 bridgehead atoms. The van der Waals surface area contributed by atoms with Gasteiger partial charge in [-0.15, -0.1) is 0 Å². The largest absolute Gasteiger partial charge is 0.352 e. The molecular formula is C16H24N2O3S. The van der Waals surface area contributed by atoms with Gasteiger partial charge in [0.1, 0.15) is 0 Å². The average molecular weight is 324 g/mol. The summed E-state index contributed by atoms with van der Waals surface area (Å²) in [4.78, 5) is 12.4. The van der Waals surface area contributed by atoms with E-state index in [1.54, 1.807) is 26.0 Å². The molecule has 1 saturated heterocycles. The van der Waals surface area contributed by atoms with Crippen molar-refractivity contribution in [3.8, 4) is 0 Å². The molecule has 2 N–H and O–H groups in total. The minimum atomic E-state index is -3.29. The van der Waals surface area contributed by atoms with Crippen LogP contribution in [0.15, 0.2) is 29.2 Å². The van der Waals surface area contributed by atoms with Crippen LogP contribution >= 0.6 is 0 Å². The van der Waals surface area contributed by atoms with Crippen molar-refractivity contribution in [2.24, 2.45) is 5.92 Å². The molecule has 1 aromatic carbocycles. The fourth-order valence-corrected chi connectivity index (χ4v) is 3.57. The van der Waals surface area contributed by atoms with E-state index in [0.29, 0.717) is 18.0 Å². The van der Waals surface area contributed by atoms with Gasteiger partial charge < -0.3 is 10.6 Å². The first-order chi connectivity index (χ1) is 10.4. The van der Waals surface area contributed by atoms with Crippen molar-refractivity contribution in [2.45, 2.75) is 36.8 Å². The van der Waals surface area contributed by atoms with Crippen molar-refractivity contribution in [3.05, 3.63) is 29.8 Å². The highest BCUT2D eigenvalue weighted by molar-refractivity contribution is 7.92. The fraction of sp³-hybridized carbons (Fsp3) is 0.562. The second-order valence-electron chi connectivity index (χ2n) is 6.04. The molecule has 0 saturated carbocycles. The van der Waals surface area contributed by atoms with Gasteiger partial charge in [0.05, 0.1) is 10.1 Å². The number of piperidine rings is 1. The Morgan fingerprint density at radius 3 is 2.55 bits per heavy atom. The van der Waals surface area contributed by atoms with E-state index in [1.807, 2.05) is 0 Å². The van der Waals surface area contributed by atoms with Gasteiger partial charge in [-0.3, -0.25) is 4.79 Å². The van der Waals surface area contributed by atoms with Crippen LogP contribution in [0.3, 0.4) is 0 Å². The molecule has 0 aromatic heterocycles. The summed E-state index contributed by atoms with van der Waals surface area (Å²) in [6, 6.07) is 6.16. The van der Waals surface area contributed by atoms with E-state index in [0.717, 1.165) is 25.9 Å². The fourth-order valence-electron chi connectivity index (χ4n) is 2.51. The summed E-state index contributed by atoms with van der Waals surface area (Å²) in [7, 11) is -3.29. The van der Waals surface area contributed by atoms with Gasteiger partial charge in [0, 0.05) is 12.1 Å². The molecule has 1 heterocycles. The van der Waals surface area contributed by atoms with E-state index in [9.17, 15) is 13.2 Å². The van der Waals surface area contributed by atoms with E-state index in [1.165, 1.54) is 12.1 Å². The normalized spacial score (nSPS) is 19.1. The predicted octanol–water partition coefficient (Wildman–Crippen LogP) is 1.60. The smallest absolute Gasteiger partial charge is 0.251 e. The van der Waals surface area contributed by atoms with Crippen LogP contribution in [0.4, 0.5) is 0 Å². The molecule has 1 amide bonds. The molecule has 122 valence electrons. The molecular weight excluding hydrogens is 300 g/mol. The van der Waals surface area contributed by atoms with Crippen LogP contribution in [0.25, 0.3) is 0 Å². The molecule has 1 aliphatic rings. The average Bonchev–Trinajstić information content (AvgIpc) is 2.53. The van der Waals surface area contributed by atoms with Gasteiger partial charge in [-0.25, -0.2) is 8.42 Å². The molecule has 1 aliphatic heterocycles. The maximum atomic E-state index is 12.1. The Balaban J connectivity index is 1.96. The van der Waals surface area contributed by atoms with E-state index in [-0.39, 0.29) is 10.8 Å². The van der Waals surface area contributed by atoms with Crippen LogP contribution in [0, 0.1) is 5.92 Å². The Kier molecular flexibility index (Phi) is 5.58. The number of carbonyl (C=O) groups is 1. The zero-order valence-electron chi connectivity index (χ0n) is 13.1. The van der Waals surface area contributed by atoms with Crippen molar-refractivity contribution < 1.29 is 13.2 Å². The van der Waals surface area contributed by atoms with E-state index in [4.69, 9.17) is 0 Å². The second-order valence-corrected chi connectivity index (χ2v) is 8.54. The third-order valence-electron chi connectivity index (χ3n) is 4.02. The lowest BCUT2D eigenvalue weighted by Crippen LogP contribution is -2.38. The lowest BCUT2D eigenvalue weighted by Gasteiger charge is -2.22. The van der Waals surface area contributed by atoms with Crippen LogP contribution in [-0.2, 0) is 9.84 Å². The van der Waals surface area contributed by atoms with Gasteiger partial charge in [0.15, 0.2) is 9.84 Å². The third kappa shape index (κ3) is 4.08. The molecule has 1 fully saturated rings. The Morgan fingerprint density at radius 2 is 2.00 bits per heavy atom. The summed E-state index contributed by atoms with van der Waals surface area (Å²) >= 11 is 0. The molecule has 0 aliphatic carbocycles. The first kappa shape index (κ1) is 17.0. The van der Waals surface area contributed by atoms with E-state index >= 15 is 0 Å². The predicted molar refractivity (Wildman–Crippen MR) is 86.7 cm³/mol. The zero-order valence-corrected chi connectivity index (χ0v) is 13.9. The Morgan fingerprint density at radius 1 is 1.32 bits per heavy atom. The SMILES string of the molecule is CC(C)S(=O)(=O)c1ccc(C(=O)NCC2CCCNC2)cc1. The van der Waals surface area contributed by atoms with Gasteiger partial charge in [0.2, 0.25) is 0 Å². The van der Waals surface area contributed by atoms with Crippen molar-refractivity contribution in [3.63, 3.8) is 0 Å². The zero-order chi connectivity index (χ0) is 16.2. The van der Waals surface area contributed by atoms with Gasteiger partial charge in [-0.05, 0) is 70.0 Å². The molecule has 0 spiro atoms. The van der Waals surface area contributed by atoms with Crippen molar-refractivity contribution in [1.82, 2.24) is 10.6 Å². The van der Waals surface area contributed by atoms with Crippen molar-refractivity contribution in [1.29, 1.82) is 0 Å². The number of carbonyl (C=O) groups excluding carboxylic acids is 1. The topological polar surface area (TPSA) is 75.3 Å². The summed E-state index contributed by atoms with van der Waals surface area (Å²) in [6.07, 6.45) is 2.27. The Bertz CT molecular complexity index is 603. The lowest BCUT2D eigenvalue weighted by molar-refractivity contribution is 0.0944. The number of amides is 1. The molecule has 1 atom stereocenters.